The van der Waals surface area contributed by atoms with Crippen LogP contribution in [0.25, 0.3) is 5.69 Å². The first-order chi connectivity index (χ1) is 12.2. The highest BCUT2D eigenvalue weighted by Crippen LogP contribution is 2.40. The first-order valence-electron chi connectivity index (χ1n) is 9.13. The Morgan fingerprint density at radius 2 is 2.04 bits per heavy atom. The Morgan fingerprint density at radius 1 is 1.24 bits per heavy atom. The van der Waals surface area contributed by atoms with Crippen LogP contribution in [0.3, 0.4) is 0 Å². The summed E-state index contributed by atoms with van der Waals surface area (Å²) in [5.41, 5.74) is 1.04. The lowest BCUT2D eigenvalue weighted by Gasteiger charge is -2.30. The predicted octanol–water partition coefficient (Wildman–Crippen LogP) is 3.50. The molecule has 2 aromatic rings. The molecule has 5 nitrogen and oxygen atoms in total. The third-order valence-corrected chi connectivity index (χ3v) is 5.71. The van der Waals surface area contributed by atoms with Crippen LogP contribution in [0.4, 0.5) is 0 Å². The second-order valence-corrected chi connectivity index (χ2v) is 8.09. The standard InChI is InChI=1S/C19H24N4OS/c1-14-6-5-11-22(12-14)17(24)13-25-19-20-18(15-9-10-15)23(21-19)16-7-3-2-4-8-16/h2-4,7-8,14-15H,5-6,9-13H2,1H3. The summed E-state index contributed by atoms with van der Waals surface area (Å²) in [4.78, 5) is 19.2. The summed E-state index contributed by atoms with van der Waals surface area (Å²) in [7, 11) is 0. The molecule has 1 atom stereocenters. The monoisotopic (exact) mass is 356 g/mol. The van der Waals surface area contributed by atoms with Gasteiger partial charge in [0, 0.05) is 19.0 Å². The summed E-state index contributed by atoms with van der Waals surface area (Å²) >= 11 is 1.46. The molecule has 1 saturated heterocycles. The van der Waals surface area contributed by atoms with Crippen LogP contribution < -0.4 is 0 Å². The Labute approximate surface area is 152 Å². The van der Waals surface area contributed by atoms with Crippen molar-refractivity contribution in [2.24, 2.45) is 5.92 Å². The van der Waals surface area contributed by atoms with Gasteiger partial charge >= 0.3 is 0 Å². The number of hydrogen-bond donors (Lipinski definition) is 0. The van der Waals surface area contributed by atoms with Gasteiger partial charge in [0.25, 0.3) is 0 Å². The molecule has 1 aromatic carbocycles. The molecule has 0 spiro atoms. The van der Waals surface area contributed by atoms with Gasteiger partial charge in [0.05, 0.1) is 11.4 Å². The number of likely N-dealkylation sites (tertiary alicyclic amines) is 1. The predicted molar refractivity (Wildman–Crippen MR) is 99.0 cm³/mol. The first-order valence-corrected chi connectivity index (χ1v) is 10.1. The van der Waals surface area contributed by atoms with E-state index in [9.17, 15) is 4.79 Å². The number of para-hydroxylation sites is 1. The zero-order chi connectivity index (χ0) is 17.2. The second kappa shape index (κ2) is 7.20. The summed E-state index contributed by atoms with van der Waals surface area (Å²) in [6.45, 7) is 4.00. The van der Waals surface area contributed by atoms with E-state index in [1.807, 2.05) is 27.8 Å². The van der Waals surface area contributed by atoms with Crippen molar-refractivity contribution in [2.45, 2.75) is 43.7 Å². The van der Waals surface area contributed by atoms with Crippen LogP contribution in [-0.2, 0) is 4.79 Å². The van der Waals surface area contributed by atoms with E-state index >= 15 is 0 Å². The highest BCUT2D eigenvalue weighted by atomic mass is 32.2. The van der Waals surface area contributed by atoms with Crippen LogP contribution in [0.5, 0.6) is 0 Å². The topological polar surface area (TPSA) is 51.0 Å². The number of hydrogen-bond acceptors (Lipinski definition) is 4. The van der Waals surface area contributed by atoms with Crippen molar-refractivity contribution in [3.05, 3.63) is 36.2 Å². The van der Waals surface area contributed by atoms with Gasteiger partial charge in [-0.15, -0.1) is 5.10 Å². The third-order valence-electron chi connectivity index (χ3n) is 4.89. The minimum Gasteiger partial charge on any atom is -0.342 e. The van der Waals surface area contributed by atoms with Crippen LogP contribution in [-0.4, -0.2) is 44.4 Å². The van der Waals surface area contributed by atoms with Crippen molar-refractivity contribution in [2.75, 3.05) is 18.8 Å². The van der Waals surface area contributed by atoms with Crippen molar-refractivity contribution in [1.82, 2.24) is 19.7 Å². The number of carbonyl (C=O) groups is 1. The summed E-state index contributed by atoms with van der Waals surface area (Å²) in [6, 6.07) is 10.1. The number of aromatic nitrogens is 3. The van der Waals surface area contributed by atoms with Crippen LogP contribution in [0.2, 0.25) is 0 Å². The normalized spacial score (nSPS) is 20.7. The number of piperidine rings is 1. The van der Waals surface area contributed by atoms with E-state index < -0.39 is 0 Å². The Balaban J connectivity index is 1.45. The molecule has 1 amide bonds. The van der Waals surface area contributed by atoms with Crippen molar-refractivity contribution < 1.29 is 4.79 Å². The van der Waals surface area contributed by atoms with Crippen LogP contribution in [0.15, 0.2) is 35.5 Å². The minimum atomic E-state index is 0.209. The molecular weight excluding hydrogens is 332 g/mol. The summed E-state index contributed by atoms with van der Waals surface area (Å²) < 4.78 is 1.95. The molecule has 132 valence electrons. The number of thioether (sulfide) groups is 1. The van der Waals surface area contributed by atoms with Crippen molar-refractivity contribution in [3.63, 3.8) is 0 Å². The fraction of sp³-hybridized carbons (Fsp3) is 0.526. The van der Waals surface area contributed by atoms with Gasteiger partial charge < -0.3 is 4.90 Å². The molecule has 0 N–H and O–H groups in total. The van der Waals surface area contributed by atoms with Crippen molar-refractivity contribution >= 4 is 17.7 Å². The van der Waals surface area contributed by atoms with E-state index in [0.29, 0.717) is 22.7 Å². The minimum absolute atomic E-state index is 0.209. The molecule has 6 heteroatoms. The molecule has 2 heterocycles. The summed E-state index contributed by atoms with van der Waals surface area (Å²) in [6.07, 6.45) is 4.70. The van der Waals surface area contributed by atoms with Gasteiger partial charge in [-0.05, 0) is 43.7 Å². The molecule has 2 fully saturated rings. The fourth-order valence-corrected chi connectivity index (χ4v) is 4.10. The van der Waals surface area contributed by atoms with Crippen LogP contribution in [0, 0.1) is 5.92 Å². The van der Waals surface area contributed by atoms with Crippen molar-refractivity contribution in [3.8, 4) is 5.69 Å². The maximum Gasteiger partial charge on any atom is 0.233 e. The fourth-order valence-electron chi connectivity index (χ4n) is 3.36. The Morgan fingerprint density at radius 3 is 2.76 bits per heavy atom. The smallest absolute Gasteiger partial charge is 0.233 e. The maximum atomic E-state index is 12.5. The molecule has 1 unspecified atom stereocenters. The van der Waals surface area contributed by atoms with Crippen LogP contribution in [0.1, 0.15) is 44.3 Å². The van der Waals surface area contributed by atoms with E-state index in [0.717, 1.165) is 31.0 Å². The molecule has 1 saturated carbocycles. The van der Waals surface area contributed by atoms with Crippen molar-refractivity contribution in [1.29, 1.82) is 0 Å². The Kier molecular flexibility index (Phi) is 4.79. The van der Waals surface area contributed by atoms with E-state index in [1.165, 1.54) is 31.0 Å². The number of amides is 1. The quantitative estimate of drug-likeness (QED) is 0.770. The average molecular weight is 356 g/mol. The number of benzene rings is 1. The summed E-state index contributed by atoms with van der Waals surface area (Å²) in [5, 5.41) is 5.38. The van der Waals surface area contributed by atoms with Gasteiger partial charge in [-0.3, -0.25) is 4.79 Å². The lowest BCUT2D eigenvalue weighted by Crippen LogP contribution is -2.40. The second-order valence-electron chi connectivity index (χ2n) is 7.15. The number of rotatable bonds is 5. The molecule has 0 radical (unpaired) electrons. The lowest BCUT2D eigenvalue weighted by molar-refractivity contribution is -0.130. The zero-order valence-electron chi connectivity index (χ0n) is 14.6. The van der Waals surface area contributed by atoms with Gasteiger partial charge in [-0.25, -0.2) is 9.67 Å². The molecular formula is C19H24N4OS. The van der Waals surface area contributed by atoms with E-state index in [2.05, 4.69) is 24.2 Å². The van der Waals surface area contributed by atoms with E-state index in [4.69, 9.17) is 4.98 Å². The SMILES string of the molecule is CC1CCCN(C(=O)CSc2nc(C3CC3)n(-c3ccccc3)n2)C1. The summed E-state index contributed by atoms with van der Waals surface area (Å²) in [5.74, 6) is 2.80. The van der Waals surface area contributed by atoms with Gasteiger partial charge in [-0.2, -0.15) is 0 Å². The Bertz CT molecular complexity index is 741. The lowest BCUT2D eigenvalue weighted by atomic mass is 10.0. The van der Waals surface area contributed by atoms with E-state index in [1.54, 1.807) is 0 Å². The van der Waals surface area contributed by atoms with Crippen LogP contribution >= 0.6 is 11.8 Å². The number of nitrogens with zero attached hydrogens (tertiary/aromatic N) is 4. The van der Waals surface area contributed by atoms with Gasteiger partial charge in [-0.1, -0.05) is 36.9 Å². The molecule has 4 rings (SSSR count). The first kappa shape index (κ1) is 16.6. The molecule has 2 aliphatic rings. The molecule has 25 heavy (non-hydrogen) atoms. The zero-order valence-corrected chi connectivity index (χ0v) is 15.4. The largest absolute Gasteiger partial charge is 0.342 e. The molecule has 1 aliphatic heterocycles. The van der Waals surface area contributed by atoms with Gasteiger partial charge in [0.1, 0.15) is 5.82 Å². The molecule has 1 aliphatic carbocycles. The highest BCUT2D eigenvalue weighted by Gasteiger charge is 2.30. The Hall–Kier alpha value is -1.82. The van der Waals surface area contributed by atoms with Gasteiger partial charge in [0.2, 0.25) is 11.1 Å². The third kappa shape index (κ3) is 3.89. The molecule has 0 bridgehead atoms. The average Bonchev–Trinajstić information content (AvgIpc) is 3.40. The van der Waals surface area contributed by atoms with Gasteiger partial charge in [0.15, 0.2) is 0 Å². The highest BCUT2D eigenvalue weighted by molar-refractivity contribution is 7.99. The molecule has 1 aromatic heterocycles. The maximum absolute atomic E-state index is 12.5. The van der Waals surface area contributed by atoms with E-state index in [-0.39, 0.29) is 5.91 Å². The number of carbonyl (C=O) groups excluding carboxylic acids is 1.